The number of hydrogen-bond donors (Lipinski definition) is 0. The summed E-state index contributed by atoms with van der Waals surface area (Å²) in [5.41, 5.74) is -1.07. The molecule has 17 heavy (non-hydrogen) atoms. The van der Waals surface area contributed by atoms with Crippen LogP contribution in [0.15, 0.2) is 0 Å². The van der Waals surface area contributed by atoms with Crippen LogP contribution in [0.4, 0.5) is 0 Å². The van der Waals surface area contributed by atoms with Crippen LogP contribution in [0, 0.1) is 16.7 Å². The zero-order valence-corrected chi connectivity index (χ0v) is 10.7. The summed E-state index contributed by atoms with van der Waals surface area (Å²) in [6.45, 7) is 4.74. The number of carbonyl (C=O) groups is 2. The number of nitrogens with zero attached hydrogens (tertiary/aromatic N) is 3. The highest BCUT2D eigenvalue weighted by Gasteiger charge is 2.32. The Labute approximate surface area is 102 Å². The zero-order chi connectivity index (χ0) is 13.1. The molecule has 0 bridgehead atoms. The molecule has 1 rings (SSSR count). The van der Waals surface area contributed by atoms with Gasteiger partial charge in [-0.1, -0.05) is 0 Å². The van der Waals surface area contributed by atoms with Crippen LogP contribution in [0.3, 0.4) is 0 Å². The molecular formula is C12H19N3O2. The van der Waals surface area contributed by atoms with Gasteiger partial charge < -0.3 is 9.80 Å². The Balaban J connectivity index is 2.54. The van der Waals surface area contributed by atoms with Crippen molar-refractivity contribution >= 4 is 11.8 Å². The lowest BCUT2D eigenvalue weighted by atomic mass is 9.94. The largest absolute Gasteiger partial charge is 0.341 e. The van der Waals surface area contributed by atoms with Crippen LogP contribution in [0.2, 0.25) is 0 Å². The predicted octanol–water partition coefficient (Wildman–Crippen LogP) is 0.617. The number of likely N-dealkylation sites (tertiary alicyclic amines) is 1. The van der Waals surface area contributed by atoms with Gasteiger partial charge in [0.2, 0.25) is 11.8 Å². The average molecular weight is 237 g/mol. The number of nitriles is 1. The van der Waals surface area contributed by atoms with Crippen molar-refractivity contribution < 1.29 is 9.59 Å². The third kappa shape index (κ3) is 3.19. The summed E-state index contributed by atoms with van der Waals surface area (Å²) in [6, 6.07) is 1.95. The fourth-order valence-corrected chi connectivity index (χ4v) is 1.87. The molecule has 0 aliphatic carbocycles. The van der Waals surface area contributed by atoms with Crippen molar-refractivity contribution in [1.29, 1.82) is 5.26 Å². The molecule has 0 unspecified atom stereocenters. The van der Waals surface area contributed by atoms with Crippen LogP contribution >= 0.6 is 0 Å². The Bertz CT molecular complexity index is 351. The maximum absolute atomic E-state index is 11.9. The minimum atomic E-state index is -1.07. The summed E-state index contributed by atoms with van der Waals surface area (Å²) in [4.78, 5) is 26.8. The van der Waals surface area contributed by atoms with Crippen molar-refractivity contribution in [3.05, 3.63) is 0 Å². The van der Waals surface area contributed by atoms with E-state index in [1.165, 1.54) is 4.90 Å². The standard InChI is InChI=1S/C12H19N3O2/c1-12(2,9-13)11(17)14(3)8-10(16)15-6-4-5-7-15/h4-8H2,1-3H3. The zero-order valence-electron chi connectivity index (χ0n) is 10.7. The fourth-order valence-electron chi connectivity index (χ4n) is 1.87. The molecule has 0 atom stereocenters. The summed E-state index contributed by atoms with van der Waals surface area (Å²) >= 11 is 0. The first-order valence-electron chi connectivity index (χ1n) is 5.83. The minimum absolute atomic E-state index is 0.0351. The lowest BCUT2D eigenvalue weighted by molar-refractivity contribution is -0.142. The van der Waals surface area contributed by atoms with Crippen molar-refractivity contribution in [2.75, 3.05) is 26.7 Å². The Morgan fingerprint density at radius 3 is 2.35 bits per heavy atom. The summed E-state index contributed by atoms with van der Waals surface area (Å²) < 4.78 is 0. The van der Waals surface area contributed by atoms with Crippen LogP contribution in [-0.2, 0) is 9.59 Å². The van der Waals surface area contributed by atoms with Crippen molar-refractivity contribution in [1.82, 2.24) is 9.80 Å². The molecule has 1 fully saturated rings. The van der Waals surface area contributed by atoms with Gasteiger partial charge in [0.05, 0.1) is 12.6 Å². The number of likely N-dealkylation sites (N-methyl/N-ethyl adjacent to an activating group) is 1. The molecule has 5 nitrogen and oxygen atoms in total. The van der Waals surface area contributed by atoms with Crippen molar-refractivity contribution in [3.8, 4) is 6.07 Å². The Morgan fingerprint density at radius 2 is 1.88 bits per heavy atom. The molecule has 5 heteroatoms. The predicted molar refractivity (Wildman–Crippen MR) is 62.8 cm³/mol. The van der Waals surface area contributed by atoms with Crippen LogP contribution in [-0.4, -0.2) is 48.3 Å². The summed E-state index contributed by atoms with van der Waals surface area (Å²) in [5.74, 6) is -0.348. The topological polar surface area (TPSA) is 64.4 Å². The molecule has 1 heterocycles. The molecule has 0 aromatic heterocycles. The molecule has 0 aromatic carbocycles. The molecule has 0 spiro atoms. The molecule has 1 aliphatic rings. The highest BCUT2D eigenvalue weighted by molar-refractivity contribution is 5.89. The van der Waals surface area contributed by atoms with Gasteiger partial charge in [-0.15, -0.1) is 0 Å². The minimum Gasteiger partial charge on any atom is -0.341 e. The smallest absolute Gasteiger partial charge is 0.242 e. The molecule has 0 N–H and O–H groups in total. The van der Waals surface area contributed by atoms with Gasteiger partial charge in [0, 0.05) is 20.1 Å². The number of amides is 2. The van der Waals surface area contributed by atoms with Crippen LogP contribution in [0.5, 0.6) is 0 Å². The van der Waals surface area contributed by atoms with Gasteiger partial charge in [0.1, 0.15) is 5.41 Å². The Morgan fingerprint density at radius 1 is 1.35 bits per heavy atom. The summed E-state index contributed by atoms with van der Waals surface area (Å²) in [7, 11) is 1.56. The molecule has 2 amide bonds. The van der Waals surface area contributed by atoms with Crippen molar-refractivity contribution in [2.24, 2.45) is 5.41 Å². The molecule has 94 valence electrons. The monoisotopic (exact) mass is 237 g/mol. The van der Waals surface area contributed by atoms with E-state index >= 15 is 0 Å². The van der Waals surface area contributed by atoms with E-state index in [0.717, 1.165) is 25.9 Å². The second kappa shape index (κ2) is 5.17. The highest BCUT2D eigenvalue weighted by Crippen LogP contribution is 2.17. The first kappa shape index (κ1) is 13.5. The maximum Gasteiger partial charge on any atom is 0.242 e. The number of hydrogen-bond acceptors (Lipinski definition) is 3. The fraction of sp³-hybridized carbons (Fsp3) is 0.750. The average Bonchev–Trinajstić information content (AvgIpc) is 2.81. The Kier molecular flexibility index (Phi) is 4.11. The van der Waals surface area contributed by atoms with Gasteiger partial charge in [-0.2, -0.15) is 5.26 Å². The first-order valence-corrected chi connectivity index (χ1v) is 5.83. The molecule has 1 saturated heterocycles. The van der Waals surface area contributed by atoms with E-state index in [1.807, 2.05) is 6.07 Å². The molecule has 0 aromatic rings. The number of rotatable bonds is 3. The quantitative estimate of drug-likeness (QED) is 0.722. The highest BCUT2D eigenvalue weighted by atomic mass is 16.2. The molecule has 0 radical (unpaired) electrons. The van der Waals surface area contributed by atoms with Crippen LogP contribution < -0.4 is 0 Å². The van der Waals surface area contributed by atoms with Gasteiger partial charge in [-0.3, -0.25) is 9.59 Å². The van der Waals surface area contributed by atoms with Gasteiger partial charge in [0.15, 0.2) is 0 Å². The van der Waals surface area contributed by atoms with E-state index in [2.05, 4.69) is 0 Å². The third-order valence-electron chi connectivity index (χ3n) is 2.99. The van der Waals surface area contributed by atoms with E-state index in [9.17, 15) is 9.59 Å². The second-order valence-electron chi connectivity index (χ2n) is 4.99. The first-order chi connectivity index (χ1) is 7.88. The van der Waals surface area contributed by atoms with Gasteiger partial charge >= 0.3 is 0 Å². The SMILES string of the molecule is CN(CC(=O)N1CCCC1)C(=O)C(C)(C)C#N. The third-order valence-corrected chi connectivity index (χ3v) is 2.99. The summed E-state index contributed by atoms with van der Waals surface area (Å²) in [5, 5.41) is 8.87. The lowest BCUT2D eigenvalue weighted by Gasteiger charge is -2.25. The number of carbonyl (C=O) groups excluding carboxylic acids is 2. The van der Waals surface area contributed by atoms with Crippen LogP contribution in [0.1, 0.15) is 26.7 Å². The van der Waals surface area contributed by atoms with Gasteiger partial charge in [0.25, 0.3) is 0 Å². The lowest BCUT2D eigenvalue weighted by Crippen LogP contribution is -2.44. The maximum atomic E-state index is 11.9. The van der Waals surface area contributed by atoms with E-state index in [-0.39, 0.29) is 18.4 Å². The normalized spacial score (nSPS) is 15.5. The van der Waals surface area contributed by atoms with Crippen LogP contribution in [0.25, 0.3) is 0 Å². The second-order valence-corrected chi connectivity index (χ2v) is 4.99. The van der Waals surface area contributed by atoms with E-state index < -0.39 is 5.41 Å². The Hall–Kier alpha value is -1.57. The van der Waals surface area contributed by atoms with E-state index in [1.54, 1.807) is 25.8 Å². The van der Waals surface area contributed by atoms with Crippen molar-refractivity contribution in [3.63, 3.8) is 0 Å². The van der Waals surface area contributed by atoms with Gasteiger partial charge in [-0.25, -0.2) is 0 Å². The van der Waals surface area contributed by atoms with E-state index in [0.29, 0.717) is 0 Å². The summed E-state index contributed by atoms with van der Waals surface area (Å²) in [6.07, 6.45) is 2.07. The van der Waals surface area contributed by atoms with Gasteiger partial charge in [-0.05, 0) is 26.7 Å². The van der Waals surface area contributed by atoms with Crippen molar-refractivity contribution in [2.45, 2.75) is 26.7 Å². The molecule has 1 aliphatic heterocycles. The molecular weight excluding hydrogens is 218 g/mol. The van der Waals surface area contributed by atoms with E-state index in [4.69, 9.17) is 5.26 Å². The molecule has 0 saturated carbocycles.